The van der Waals surface area contributed by atoms with Crippen molar-refractivity contribution < 1.29 is 4.74 Å². The van der Waals surface area contributed by atoms with Crippen molar-refractivity contribution in [3.63, 3.8) is 0 Å². The van der Waals surface area contributed by atoms with Gasteiger partial charge >= 0.3 is 5.69 Å². The van der Waals surface area contributed by atoms with Gasteiger partial charge in [-0.2, -0.15) is 0 Å². The lowest BCUT2D eigenvalue weighted by Crippen LogP contribution is -2.57. The Bertz CT molecular complexity index is 1300. The van der Waals surface area contributed by atoms with E-state index in [1.54, 1.807) is 13.1 Å². The normalized spacial score (nSPS) is 18.9. The van der Waals surface area contributed by atoms with Crippen LogP contribution in [0.15, 0.2) is 107 Å². The molecule has 1 aliphatic rings. The van der Waals surface area contributed by atoms with Crippen LogP contribution in [0.1, 0.15) is 35.4 Å². The Morgan fingerprint density at radius 2 is 1.29 bits per heavy atom. The number of aryl methyl sites for hydroxylation is 1. The minimum Gasteiger partial charge on any atom is -0.352 e. The SMILES string of the molecule is Cc1cn(C2CN(C(c3ccccc3)(c3ccccc3)c3ccccc3)CC(C)O2)c(=O)[nH]c1=O. The van der Waals surface area contributed by atoms with Gasteiger partial charge < -0.3 is 4.74 Å². The molecule has 0 radical (unpaired) electrons. The second kappa shape index (κ2) is 9.49. The zero-order chi connectivity index (χ0) is 24.4. The van der Waals surface area contributed by atoms with Crippen molar-refractivity contribution in [1.29, 1.82) is 0 Å². The van der Waals surface area contributed by atoms with Gasteiger partial charge in [0.25, 0.3) is 5.56 Å². The topological polar surface area (TPSA) is 67.3 Å². The smallest absolute Gasteiger partial charge is 0.330 e. The van der Waals surface area contributed by atoms with Gasteiger partial charge in [0.2, 0.25) is 0 Å². The first-order chi connectivity index (χ1) is 17.0. The fourth-order valence-electron chi connectivity index (χ4n) is 5.24. The first-order valence-electron chi connectivity index (χ1n) is 11.9. The van der Waals surface area contributed by atoms with E-state index in [4.69, 9.17) is 4.74 Å². The molecule has 1 saturated heterocycles. The predicted molar refractivity (Wildman–Crippen MR) is 136 cm³/mol. The van der Waals surface area contributed by atoms with Crippen LogP contribution in [0.4, 0.5) is 0 Å². The second-order valence-electron chi connectivity index (χ2n) is 9.09. The van der Waals surface area contributed by atoms with Gasteiger partial charge in [-0.05, 0) is 30.5 Å². The van der Waals surface area contributed by atoms with Crippen LogP contribution in [0.25, 0.3) is 0 Å². The van der Waals surface area contributed by atoms with Crippen LogP contribution in [0.3, 0.4) is 0 Å². The summed E-state index contributed by atoms with van der Waals surface area (Å²) in [5, 5.41) is 0. The molecule has 6 heteroatoms. The minimum absolute atomic E-state index is 0.150. The van der Waals surface area contributed by atoms with Crippen LogP contribution in [0, 0.1) is 6.92 Å². The Hall–Kier alpha value is -3.74. The highest BCUT2D eigenvalue weighted by molar-refractivity contribution is 5.49. The van der Waals surface area contributed by atoms with Gasteiger partial charge in [-0.3, -0.25) is 19.2 Å². The van der Waals surface area contributed by atoms with Gasteiger partial charge in [-0.15, -0.1) is 0 Å². The van der Waals surface area contributed by atoms with Crippen LogP contribution in [-0.4, -0.2) is 33.6 Å². The fourth-order valence-corrected chi connectivity index (χ4v) is 5.24. The van der Waals surface area contributed by atoms with Crippen LogP contribution in [0.2, 0.25) is 0 Å². The molecule has 3 aromatic carbocycles. The van der Waals surface area contributed by atoms with Crippen molar-refractivity contribution in [2.45, 2.75) is 31.7 Å². The Morgan fingerprint density at radius 3 is 1.77 bits per heavy atom. The van der Waals surface area contributed by atoms with Crippen molar-refractivity contribution >= 4 is 0 Å². The van der Waals surface area contributed by atoms with Gasteiger partial charge in [0.15, 0.2) is 6.23 Å². The largest absolute Gasteiger partial charge is 0.352 e. The molecule has 6 nitrogen and oxygen atoms in total. The summed E-state index contributed by atoms with van der Waals surface area (Å²) in [5.41, 5.74) is 2.42. The third-order valence-corrected chi connectivity index (χ3v) is 6.75. The molecule has 1 aromatic heterocycles. The number of rotatable bonds is 5. The lowest BCUT2D eigenvalue weighted by atomic mass is 9.75. The number of ether oxygens (including phenoxy) is 1. The van der Waals surface area contributed by atoms with Gasteiger partial charge in [0.05, 0.1) is 11.6 Å². The molecular formula is C29H29N3O3. The summed E-state index contributed by atoms with van der Waals surface area (Å²) >= 11 is 0. The molecule has 35 heavy (non-hydrogen) atoms. The summed E-state index contributed by atoms with van der Waals surface area (Å²) in [6.45, 7) is 4.83. The summed E-state index contributed by atoms with van der Waals surface area (Å²) in [6.07, 6.45) is 0.887. The quantitative estimate of drug-likeness (QED) is 0.450. The Labute approximate surface area is 204 Å². The molecule has 2 heterocycles. The van der Waals surface area contributed by atoms with E-state index >= 15 is 0 Å². The molecule has 0 aliphatic carbocycles. The van der Waals surface area contributed by atoms with Crippen LogP contribution in [0.5, 0.6) is 0 Å². The molecule has 4 aromatic rings. The van der Waals surface area contributed by atoms with E-state index in [9.17, 15) is 9.59 Å². The van der Waals surface area contributed by atoms with Crippen molar-refractivity contribution in [2.24, 2.45) is 0 Å². The minimum atomic E-state index is -0.610. The highest BCUT2D eigenvalue weighted by atomic mass is 16.5. The summed E-state index contributed by atoms with van der Waals surface area (Å²) in [5.74, 6) is 0. The van der Waals surface area contributed by atoms with E-state index < -0.39 is 17.5 Å². The third kappa shape index (κ3) is 4.16. The molecule has 2 unspecified atom stereocenters. The number of aromatic amines is 1. The van der Waals surface area contributed by atoms with Gasteiger partial charge in [0, 0.05) is 24.8 Å². The Morgan fingerprint density at radius 1 is 0.800 bits per heavy atom. The molecule has 0 amide bonds. The summed E-state index contributed by atoms with van der Waals surface area (Å²) in [7, 11) is 0. The lowest BCUT2D eigenvalue weighted by molar-refractivity contribution is -0.132. The van der Waals surface area contributed by atoms with Crippen molar-refractivity contribution in [3.8, 4) is 0 Å². The number of benzene rings is 3. The first-order valence-corrected chi connectivity index (χ1v) is 11.9. The monoisotopic (exact) mass is 467 g/mol. The third-order valence-electron chi connectivity index (χ3n) is 6.75. The number of hydrogen-bond donors (Lipinski definition) is 1. The Kier molecular flexibility index (Phi) is 6.24. The first kappa shape index (κ1) is 23.0. The van der Waals surface area contributed by atoms with E-state index in [1.807, 2.05) is 25.1 Å². The zero-order valence-electron chi connectivity index (χ0n) is 19.9. The lowest BCUT2D eigenvalue weighted by Gasteiger charge is -2.50. The number of H-pyrrole nitrogens is 1. The molecule has 0 bridgehead atoms. The number of hydrogen-bond acceptors (Lipinski definition) is 4. The maximum atomic E-state index is 12.8. The van der Waals surface area contributed by atoms with Crippen molar-refractivity contribution in [3.05, 3.63) is 140 Å². The van der Waals surface area contributed by atoms with Crippen LogP contribution < -0.4 is 11.2 Å². The number of aromatic nitrogens is 2. The fraction of sp³-hybridized carbons (Fsp3) is 0.241. The Balaban J connectivity index is 1.73. The van der Waals surface area contributed by atoms with Crippen molar-refractivity contribution in [1.82, 2.24) is 14.5 Å². The zero-order valence-corrected chi connectivity index (χ0v) is 19.9. The average molecular weight is 468 g/mol. The summed E-state index contributed by atoms with van der Waals surface area (Å²) in [6, 6.07) is 31.4. The highest BCUT2D eigenvalue weighted by Gasteiger charge is 2.45. The van der Waals surface area contributed by atoms with E-state index in [-0.39, 0.29) is 11.7 Å². The van der Waals surface area contributed by atoms with E-state index in [2.05, 4.69) is 82.7 Å². The average Bonchev–Trinajstić information content (AvgIpc) is 2.88. The maximum Gasteiger partial charge on any atom is 0.330 e. The van der Waals surface area contributed by atoms with Gasteiger partial charge in [0.1, 0.15) is 0 Å². The molecule has 5 rings (SSSR count). The van der Waals surface area contributed by atoms with Crippen LogP contribution in [-0.2, 0) is 10.3 Å². The van der Waals surface area contributed by atoms with E-state index in [0.717, 1.165) is 16.7 Å². The molecular weight excluding hydrogens is 438 g/mol. The molecule has 1 N–H and O–H groups in total. The van der Waals surface area contributed by atoms with Gasteiger partial charge in [-0.1, -0.05) is 91.0 Å². The maximum absolute atomic E-state index is 12.8. The van der Waals surface area contributed by atoms with Gasteiger partial charge in [-0.25, -0.2) is 4.79 Å². The molecule has 1 fully saturated rings. The van der Waals surface area contributed by atoms with Crippen LogP contribution >= 0.6 is 0 Å². The molecule has 178 valence electrons. The van der Waals surface area contributed by atoms with Crippen molar-refractivity contribution in [2.75, 3.05) is 13.1 Å². The predicted octanol–water partition coefficient (Wildman–Crippen LogP) is 4.06. The second-order valence-corrected chi connectivity index (χ2v) is 9.09. The highest BCUT2D eigenvalue weighted by Crippen LogP contribution is 2.44. The molecule has 2 atom stereocenters. The number of morpholine rings is 1. The van der Waals surface area contributed by atoms with E-state index in [1.165, 1.54) is 4.57 Å². The summed E-state index contributed by atoms with van der Waals surface area (Å²) < 4.78 is 7.79. The number of nitrogens with zero attached hydrogens (tertiary/aromatic N) is 2. The van der Waals surface area contributed by atoms with E-state index in [0.29, 0.717) is 18.7 Å². The number of nitrogens with one attached hydrogen (secondary N) is 1. The molecule has 0 saturated carbocycles. The standard InChI is InChI=1S/C29H29N3O3/c1-21-18-32(28(34)30-27(21)33)26-20-31(19-22(2)35-26)29(23-12-6-3-7-13-23,24-14-8-4-9-15-24)25-16-10-5-11-17-25/h3-18,22,26H,19-20H2,1-2H3,(H,30,33,34). The molecule has 0 spiro atoms. The molecule has 1 aliphatic heterocycles. The summed E-state index contributed by atoms with van der Waals surface area (Å²) in [4.78, 5) is 29.6.